The molecule has 198 valence electrons. The molecule has 0 spiro atoms. The summed E-state index contributed by atoms with van der Waals surface area (Å²) in [4.78, 5) is 16.3. The van der Waals surface area contributed by atoms with E-state index in [1.807, 2.05) is 24.3 Å². The molecule has 0 aliphatic carbocycles. The molecule has 1 unspecified atom stereocenters. The Morgan fingerprint density at radius 3 is 2.32 bits per heavy atom. The van der Waals surface area contributed by atoms with E-state index in [1.165, 1.54) is 36.4 Å². The fourth-order valence-corrected chi connectivity index (χ4v) is 5.58. The van der Waals surface area contributed by atoms with E-state index in [-0.39, 0.29) is 17.1 Å². The fourth-order valence-electron chi connectivity index (χ4n) is 3.70. The van der Waals surface area contributed by atoms with E-state index in [9.17, 15) is 26.4 Å². The molecule has 1 N–H and O–H groups in total. The van der Waals surface area contributed by atoms with Crippen molar-refractivity contribution < 1.29 is 35.9 Å². The zero-order valence-corrected chi connectivity index (χ0v) is 22.1. The number of pyridine rings is 1. The van der Waals surface area contributed by atoms with Crippen LogP contribution in [-0.2, 0) is 14.8 Å². The summed E-state index contributed by atoms with van der Waals surface area (Å²) in [5, 5.41) is 1.56. The summed E-state index contributed by atoms with van der Waals surface area (Å²) in [6, 6.07) is 16.2. The molecule has 1 atom stereocenters. The molecule has 12 heteroatoms. The van der Waals surface area contributed by atoms with Crippen LogP contribution in [0.2, 0.25) is 0 Å². The first-order chi connectivity index (χ1) is 18.0. The summed E-state index contributed by atoms with van der Waals surface area (Å²) in [6.45, 7) is 1.82. The third kappa shape index (κ3) is 6.32. The average Bonchev–Trinajstić information content (AvgIpc) is 2.88. The van der Waals surface area contributed by atoms with Crippen LogP contribution in [0.5, 0.6) is 5.75 Å². The monoisotopic (exact) mass is 608 g/mol. The van der Waals surface area contributed by atoms with Gasteiger partial charge in [-0.15, -0.1) is 13.2 Å². The van der Waals surface area contributed by atoms with Gasteiger partial charge < -0.3 is 9.47 Å². The van der Waals surface area contributed by atoms with Crippen LogP contribution < -0.4 is 9.46 Å². The predicted octanol–water partition coefficient (Wildman–Crippen LogP) is 6.14. The van der Waals surface area contributed by atoms with Crippen molar-refractivity contribution in [3.63, 3.8) is 0 Å². The third-order valence-electron chi connectivity index (χ3n) is 5.43. The Balaban J connectivity index is 1.75. The highest BCUT2D eigenvalue weighted by Gasteiger charge is 2.32. The normalized spacial score (nSPS) is 12.8. The number of carbonyl (C=O) groups excluding carboxylic acids is 1. The summed E-state index contributed by atoms with van der Waals surface area (Å²) in [6.07, 6.45) is -3.30. The molecule has 0 radical (unpaired) electrons. The number of esters is 1. The van der Waals surface area contributed by atoms with Gasteiger partial charge in [0.2, 0.25) is 10.0 Å². The number of halogens is 4. The molecule has 3 aromatic carbocycles. The maximum Gasteiger partial charge on any atom is 0.573 e. The van der Waals surface area contributed by atoms with Gasteiger partial charge in [0, 0.05) is 16.1 Å². The van der Waals surface area contributed by atoms with Gasteiger partial charge in [-0.1, -0.05) is 36.4 Å². The highest BCUT2D eigenvalue weighted by atomic mass is 79.9. The highest BCUT2D eigenvalue weighted by molar-refractivity contribution is 9.10. The first-order valence-corrected chi connectivity index (χ1v) is 13.4. The minimum absolute atomic E-state index is 0.135. The van der Waals surface area contributed by atoms with Crippen LogP contribution in [0, 0.1) is 0 Å². The number of carbonyl (C=O) groups is 1. The molecule has 0 saturated carbocycles. The second-order valence-corrected chi connectivity index (χ2v) is 10.5. The highest BCUT2D eigenvalue weighted by Crippen LogP contribution is 2.34. The lowest BCUT2D eigenvalue weighted by Gasteiger charge is -2.21. The first kappa shape index (κ1) is 27.6. The zero-order chi connectivity index (χ0) is 27.5. The van der Waals surface area contributed by atoms with Crippen molar-refractivity contribution in [2.75, 3.05) is 6.61 Å². The number of fused-ring (bicyclic) bond motifs is 1. The van der Waals surface area contributed by atoms with Crippen LogP contribution in [0.1, 0.15) is 34.6 Å². The zero-order valence-electron chi connectivity index (χ0n) is 19.7. The smallest absolute Gasteiger partial charge is 0.462 e. The molecule has 1 aromatic heterocycles. The maximum atomic E-state index is 13.4. The van der Waals surface area contributed by atoms with Crippen molar-refractivity contribution in [1.29, 1.82) is 0 Å². The van der Waals surface area contributed by atoms with Crippen LogP contribution in [0.3, 0.4) is 0 Å². The van der Waals surface area contributed by atoms with Gasteiger partial charge in [-0.3, -0.25) is 4.98 Å². The van der Waals surface area contributed by atoms with Gasteiger partial charge in [0.25, 0.3) is 0 Å². The maximum absolute atomic E-state index is 13.4. The minimum Gasteiger partial charge on any atom is -0.462 e. The van der Waals surface area contributed by atoms with Crippen LogP contribution in [0.25, 0.3) is 10.8 Å². The van der Waals surface area contributed by atoms with E-state index in [4.69, 9.17) is 4.74 Å². The third-order valence-corrected chi connectivity index (χ3v) is 7.71. The van der Waals surface area contributed by atoms with Gasteiger partial charge in [0.1, 0.15) is 5.75 Å². The number of nitrogens with zero attached hydrogens (tertiary/aromatic N) is 1. The number of hydrogen-bond donors (Lipinski definition) is 1. The van der Waals surface area contributed by atoms with Crippen molar-refractivity contribution in [2.45, 2.75) is 24.2 Å². The molecule has 0 aliphatic rings. The van der Waals surface area contributed by atoms with Gasteiger partial charge >= 0.3 is 12.3 Å². The van der Waals surface area contributed by atoms with Crippen molar-refractivity contribution >= 4 is 42.7 Å². The number of aromatic nitrogens is 1. The van der Waals surface area contributed by atoms with Crippen molar-refractivity contribution in [3.8, 4) is 5.75 Å². The number of rotatable bonds is 8. The summed E-state index contributed by atoms with van der Waals surface area (Å²) < 4.78 is 76.6. The lowest BCUT2D eigenvalue weighted by atomic mass is 10.0. The molecule has 0 bridgehead atoms. The number of ether oxygens (including phenoxy) is 2. The molecule has 0 saturated heterocycles. The van der Waals surface area contributed by atoms with Crippen LogP contribution in [0.15, 0.2) is 88.4 Å². The Morgan fingerprint density at radius 2 is 1.68 bits per heavy atom. The Bertz CT molecular complexity index is 1560. The van der Waals surface area contributed by atoms with Gasteiger partial charge in [0.15, 0.2) is 0 Å². The minimum atomic E-state index is -4.87. The number of benzene rings is 3. The Kier molecular flexibility index (Phi) is 8.05. The molecule has 38 heavy (non-hydrogen) atoms. The summed E-state index contributed by atoms with van der Waals surface area (Å²) >= 11 is 3.52. The van der Waals surface area contributed by atoms with Gasteiger partial charge in [-0.25, -0.2) is 13.2 Å². The fraction of sp³-hybridized carbons (Fsp3) is 0.154. The summed E-state index contributed by atoms with van der Waals surface area (Å²) in [5.74, 6) is -1.05. The van der Waals surface area contributed by atoms with E-state index < -0.39 is 34.1 Å². The molecule has 0 amide bonds. The van der Waals surface area contributed by atoms with Crippen LogP contribution >= 0.6 is 15.9 Å². The lowest BCUT2D eigenvalue weighted by Crippen LogP contribution is -2.30. The number of hydrogen-bond acceptors (Lipinski definition) is 6. The number of alkyl halides is 3. The summed E-state index contributed by atoms with van der Waals surface area (Å²) in [5.41, 5.74) is 0.788. The SMILES string of the molecule is CCOC(=O)c1ccc(S(=O)(=O)NC(c2ccc(OC(F)(F)F)cc2)c2ncc3ccccc3c2Br)cc1. The van der Waals surface area contributed by atoms with Crippen LogP contribution in [-0.4, -0.2) is 32.3 Å². The Labute approximate surface area is 224 Å². The van der Waals surface area contributed by atoms with Crippen molar-refractivity contribution in [2.24, 2.45) is 0 Å². The van der Waals surface area contributed by atoms with Gasteiger partial charge in [-0.2, -0.15) is 4.72 Å². The first-order valence-electron chi connectivity index (χ1n) is 11.2. The number of nitrogens with one attached hydrogen (secondary N) is 1. The molecule has 0 aliphatic heterocycles. The van der Waals surface area contributed by atoms with E-state index in [1.54, 1.807) is 13.1 Å². The lowest BCUT2D eigenvalue weighted by molar-refractivity contribution is -0.274. The topological polar surface area (TPSA) is 94.6 Å². The van der Waals surface area contributed by atoms with Crippen LogP contribution in [0.4, 0.5) is 13.2 Å². The largest absolute Gasteiger partial charge is 0.573 e. The standard InChI is InChI=1S/C26H20BrF3N2O5S/c1-2-36-25(33)17-9-13-20(14-10-17)38(34,35)32-23(16-7-11-19(12-8-16)37-26(28,29)30)24-22(27)21-6-4-3-5-18(21)15-31-24/h3-15,23,32H,2H2,1H3. The van der Waals surface area contributed by atoms with Gasteiger partial charge in [-0.05, 0) is 70.2 Å². The quantitative estimate of drug-likeness (QED) is 0.241. The number of sulfonamides is 1. The van der Waals surface area contributed by atoms with E-state index in [2.05, 4.69) is 30.4 Å². The second kappa shape index (κ2) is 11.1. The molecule has 1 heterocycles. The Hall–Kier alpha value is -3.48. The average molecular weight is 609 g/mol. The van der Waals surface area contributed by atoms with E-state index >= 15 is 0 Å². The molecule has 0 fully saturated rings. The predicted molar refractivity (Wildman–Crippen MR) is 137 cm³/mol. The van der Waals surface area contributed by atoms with Gasteiger partial charge in [0.05, 0.1) is 28.8 Å². The summed E-state index contributed by atoms with van der Waals surface area (Å²) in [7, 11) is -4.19. The van der Waals surface area contributed by atoms with E-state index in [0.717, 1.165) is 22.9 Å². The van der Waals surface area contributed by atoms with Crippen molar-refractivity contribution in [1.82, 2.24) is 9.71 Å². The molecule has 4 aromatic rings. The second-order valence-electron chi connectivity index (χ2n) is 7.96. The molecular formula is C26H20BrF3N2O5S. The molecule has 4 rings (SSSR count). The molecular weight excluding hydrogens is 589 g/mol. The van der Waals surface area contributed by atoms with Crippen molar-refractivity contribution in [3.05, 3.63) is 100 Å². The Morgan fingerprint density at radius 1 is 1.03 bits per heavy atom. The molecule has 7 nitrogen and oxygen atoms in total. The van der Waals surface area contributed by atoms with E-state index in [0.29, 0.717) is 15.7 Å².